The molecule has 0 aliphatic heterocycles. The third-order valence-corrected chi connectivity index (χ3v) is 3.83. The van der Waals surface area contributed by atoms with E-state index >= 15 is 0 Å². The third-order valence-electron chi connectivity index (χ3n) is 3.83. The van der Waals surface area contributed by atoms with Crippen LogP contribution in [0.15, 0.2) is 6.07 Å². The van der Waals surface area contributed by atoms with Gasteiger partial charge in [-0.1, -0.05) is 25.7 Å². The lowest BCUT2D eigenvalue weighted by molar-refractivity contribution is 0.325. The van der Waals surface area contributed by atoms with E-state index in [9.17, 15) is 0 Å². The van der Waals surface area contributed by atoms with Crippen molar-refractivity contribution in [2.24, 2.45) is 0 Å². The summed E-state index contributed by atoms with van der Waals surface area (Å²) in [5.74, 6) is 2.22. The van der Waals surface area contributed by atoms with E-state index in [1.54, 1.807) is 0 Å². The number of aryl methyl sites for hydroxylation is 1. The summed E-state index contributed by atoms with van der Waals surface area (Å²) in [5, 5.41) is 6.99. The Balaban J connectivity index is 1.72. The second kappa shape index (κ2) is 8.82. The van der Waals surface area contributed by atoms with Crippen LogP contribution in [-0.4, -0.2) is 35.7 Å². The summed E-state index contributed by atoms with van der Waals surface area (Å²) in [5.41, 5.74) is 0. The smallest absolute Gasteiger partial charge is 0.218 e. The normalized spacial score (nSPS) is 16.5. The van der Waals surface area contributed by atoms with Crippen LogP contribution in [0.2, 0.25) is 0 Å². The Kier molecular flexibility index (Phi) is 6.73. The first-order chi connectivity index (χ1) is 10.3. The zero-order valence-corrected chi connectivity index (χ0v) is 13.3. The molecule has 0 atom stereocenters. The highest BCUT2D eigenvalue weighted by Crippen LogP contribution is 2.17. The molecule has 5 nitrogen and oxygen atoms in total. The molecule has 0 radical (unpaired) electrons. The van der Waals surface area contributed by atoms with Gasteiger partial charge in [-0.05, 0) is 26.7 Å². The predicted octanol–water partition coefficient (Wildman–Crippen LogP) is 2.91. The second-order valence-electron chi connectivity index (χ2n) is 5.64. The Bertz CT molecular complexity index is 417. The molecule has 1 aromatic rings. The molecule has 1 aliphatic rings. The minimum absolute atomic E-state index is 0.624. The van der Waals surface area contributed by atoms with Crippen molar-refractivity contribution in [3.8, 4) is 5.88 Å². The van der Waals surface area contributed by atoms with Crippen molar-refractivity contribution in [2.45, 2.75) is 58.4 Å². The van der Waals surface area contributed by atoms with Crippen LogP contribution in [-0.2, 0) is 0 Å². The maximum absolute atomic E-state index is 5.44. The molecular formula is C16H28N4O. The van der Waals surface area contributed by atoms with Crippen molar-refractivity contribution in [3.05, 3.63) is 11.9 Å². The number of nitrogens with one attached hydrogen (secondary N) is 2. The molecule has 2 N–H and O–H groups in total. The summed E-state index contributed by atoms with van der Waals surface area (Å²) < 4.78 is 5.44. The fourth-order valence-corrected chi connectivity index (χ4v) is 2.80. The number of rotatable bonds is 7. The van der Waals surface area contributed by atoms with Crippen LogP contribution in [0.3, 0.4) is 0 Å². The summed E-state index contributed by atoms with van der Waals surface area (Å²) in [6.07, 6.45) is 8.18. The fraction of sp³-hybridized carbons (Fsp3) is 0.750. The van der Waals surface area contributed by atoms with Crippen LogP contribution in [0.25, 0.3) is 0 Å². The molecule has 21 heavy (non-hydrogen) atoms. The van der Waals surface area contributed by atoms with E-state index in [0.29, 0.717) is 18.5 Å². The van der Waals surface area contributed by atoms with E-state index in [1.165, 1.54) is 38.5 Å². The molecule has 0 spiro atoms. The minimum atomic E-state index is 0.624. The minimum Gasteiger partial charge on any atom is -0.478 e. The van der Waals surface area contributed by atoms with E-state index in [2.05, 4.69) is 20.6 Å². The molecule has 1 aliphatic carbocycles. The monoisotopic (exact) mass is 292 g/mol. The van der Waals surface area contributed by atoms with Crippen molar-refractivity contribution in [1.82, 2.24) is 15.3 Å². The van der Waals surface area contributed by atoms with E-state index in [0.717, 1.165) is 24.7 Å². The van der Waals surface area contributed by atoms with Gasteiger partial charge in [0.25, 0.3) is 0 Å². The largest absolute Gasteiger partial charge is 0.478 e. The zero-order chi connectivity index (χ0) is 14.9. The summed E-state index contributed by atoms with van der Waals surface area (Å²) >= 11 is 0. The van der Waals surface area contributed by atoms with E-state index < -0.39 is 0 Å². The predicted molar refractivity (Wildman–Crippen MR) is 85.9 cm³/mol. The van der Waals surface area contributed by atoms with Crippen LogP contribution >= 0.6 is 0 Å². The molecule has 0 bridgehead atoms. The van der Waals surface area contributed by atoms with Gasteiger partial charge in [0.05, 0.1) is 6.61 Å². The van der Waals surface area contributed by atoms with Crippen molar-refractivity contribution in [3.63, 3.8) is 0 Å². The molecule has 1 fully saturated rings. The molecule has 1 aromatic heterocycles. The average molecular weight is 292 g/mol. The average Bonchev–Trinajstić information content (AvgIpc) is 2.72. The summed E-state index contributed by atoms with van der Waals surface area (Å²) in [4.78, 5) is 8.63. The van der Waals surface area contributed by atoms with E-state index in [4.69, 9.17) is 4.74 Å². The Morgan fingerprint density at radius 3 is 2.62 bits per heavy atom. The number of nitrogens with zero attached hydrogens (tertiary/aromatic N) is 2. The fourth-order valence-electron chi connectivity index (χ4n) is 2.80. The zero-order valence-electron chi connectivity index (χ0n) is 13.3. The Hall–Kier alpha value is -1.36. The lowest BCUT2D eigenvalue weighted by Crippen LogP contribution is -2.32. The van der Waals surface area contributed by atoms with E-state index in [1.807, 2.05) is 19.9 Å². The van der Waals surface area contributed by atoms with Gasteiger partial charge in [-0.15, -0.1) is 0 Å². The number of hydrogen-bond acceptors (Lipinski definition) is 5. The molecule has 1 saturated carbocycles. The topological polar surface area (TPSA) is 59.1 Å². The van der Waals surface area contributed by atoms with Crippen molar-refractivity contribution in [1.29, 1.82) is 0 Å². The maximum atomic E-state index is 5.44. The lowest BCUT2D eigenvalue weighted by Gasteiger charge is -2.16. The van der Waals surface area contributed by atoms with Gasteiger partial charge in [0.15, 0.2) is 0 Å². The molecule has 0 saturated heterocycles. The van der Waals surface area contributed by atoms with Gasteiger partial charge in [0.1, 0.15) is 11.6 Å². The number of aromatic nitrogens is 2. The van der Waals surface area contributed by atoms with Gasteiger partial charge in [-0.2, -0.15) is 4.98 Å². The Morgan fingerprint density at radius 1 is 1.14 bits per heavy atom. The first kappa shape index (κ1) is 16.0. The number of ether oxygens (including phenoxy) is 1. The van der Waals surface area contributed by atoms with Gasteiger partial charge in [-0.3, -0.25) is 0 Å². The molecule has 118 valence electrons. The molecule has 0 aromatic carbocycles. The van der Waals surface area contributed by atoms with Gasteiger partial charge >= 0.3 is 0 Å². The van der Waals surface area contributed by atoms with Crippen LogP contribution in [0.4, 0.5) is 5.82 Å². The van der Waals surface area contributed by atoms with Crippen molar-refractivity contribution >= 4 is 5.82 Å². The van der Waals surface area contributed by atoms with Crippen LogP contribution in [0, 0.1) is 6.92 Å². The Morgan fingerprint density at radius 2 is 1.90 bits per heavy atom. The summed E-state index contributed by atoms with van der Waals surface area (Å²) in [7, 11) is 0. The third kappa shape index (κ3) is 5.87. The highest BCUT2D eigenvalue weighted by molar-refractivity contribution is 5.38. The molecule has 1 heterocycles. The van der Waals surface area contributed by atoms with Gasteiger partial charge in [0.2, 0.25) is 5.88 Å². The van der Waals surface area contributed by atoms with Crippen LogP contribution in [0.5, 0.6) is 5.88 Å². The Labute approximate surface area is 127 Å². The van der Waals surface area contributed by atoms with Crippen molar-refractivity contribution in [2.75, 3.05) is 25.0 Å². The van der Waals surface area contributed by atoms with E-state index in [-0.39, 0.29) is 0 Å². The molecule has 0 amide bonds. The van der Waals surface area contributed by atoms with Crippen LogP contribution < -0.4 is 15.4 Å². The molecule has 2 rings (SSSR count). The number of anilines is 1. The second-order valence-corrected chi connectivity index (χ2v) is 5.64. The van der Waals surface area contributed by atoms with Crippen molar-refractivity contribution < 1.29 is 4.74 Å². The maximum Gasteiger partial charge on any atom is 0.218 e. The van der Waals surface area contributed by atoms with Crippen LogP contribution in [0.1, 0.15) is 51.3 Å². The van der Waals surface area contributed by atoms with Gasteiger partial charge in [0, 0.05) is 25.2 Å². The highest BCUT2D eigenvalue weighted by atomic mass is 16.5. The quantitative estimate of drug-likeness (QED) is 0.598. The summed E-state index contributed by atoms with van der Waals surface area (Å²) in [6, 6.07) is 2.56. The van der Waals surface area contributed by atoms with Gasteiger partial charge in [-0.25, -0.2) is 4.98 Å². The SMILES string of the molecule is CCOc1cc(NCCNC2CCCCCC2)nc(C)n1. The molecular weight excluding hydrogens is 264 g/mol. The standard InChI is InChI=1S/C16H28N4O/c1-3-21-16-12-15(19-13(2)20-16)18-11-10-17-14-8-6-4-5-7-9-14/h12,14,17H,3-11H2,1-2H3,(H,18,19,20). The first-order valence-corrected chi connectivity index (χ1v) is 8.23. The first-order valence-electron chi connectivity index (χ1n) is 8.23. The van der Waals surface area contributed by atoms with Gasteiger partial charge < -0.3 is 15.4 Å². The molecule has 5 heteroatoms. The number of hydrogen-bond donors (Lipinski definition) is 2. The summed E-state index contributed by atoms with van der Waals surface area (Å²) in [6.45, 7) is 6.31. The highest BCUT2D eigenvalue weighted by Gasteiger charge is 2.10. The molecule has 0 unspecified atom stereocenters. The lowest BCUT2D eigenvalue weighted by atomic mass is 10.1.